The van der Waals surface area contributed by atoms with Crippen molar-refractivity contribution in [2.24, 2.45) is 0 Å². The fourth-order valence-corrected chi connectivity index (χ4v) is 5.96. The summed E-state index contributed by atoms with van der Waals surface area (Å²) in [4.78, 5) is 12.8. The summed E-state index contributed by atoms with van der Waals surface area (Å²) in [5.41, 5.74) is 0.106. The molecule has 1 heterocycles. The number of hydrogen-bond donors (Lipinski definition) is 2. The first-order chi connectivity index (χ1) is 16.4. The largest absolute Gasteiger partial charge is 0.507 e. The zero-order chi connectivity index (χ0) is 24.4. The maximum absolute atomic E-state index is 12.8. The third-order valence-electron chi connectivity index (χ3n) is 5.77. The first-order valence-electron chi connectivity index (χ1n) is 12.0. The first kappa shape index (κ1) is 26.1. The molecule has 9 heteroatoms. The number of phenolic OH excluding ortho intramolecular Hbond substituents is 1. The Balaban J connectivity index is 1.46. The van der Waals surface area contributed by atoms with E-state index in [-0.39, 0.29) is 27.2 Å². The highest BCUT2D eigenvalue weighted by molar-refractivity contribution is 7.92. The first-order valence-corrected chi connectivity index (χ1v) is 14.5. The molecule has 2 N–H and O–H groups in total. The molecule has 0 aliphatic rings. The highest BCUT2D eigenvalue weighted by Crippen LogP contribution is 2.31. The number of phenols is 1. The number of sulfonamides is 1. The van der Waals surface area contributed by atoms with Gasteiger partial charge < -0.3 is 5.11 Å². The Bertz CT molecular complexity index is 1190. The maximum atomic E-state index is 12.8. The molecule has 184 valence electrons. The molecule has 3 rings (SSSR count). The average molecular weight is 504 g/mol. The Morgan fingerprint density at radius 3 is 2.26 bits per heavy atom. The van der Waals surface area contributed by atoms with Crippen molar-refractivity contribution >= 4 is 43.0 Å². The van der Waals surface area contributed by atoms with Gasteiger partial charge in [-0.15, -0.1) is 10.2 Å². The molecule has 7 nitrogen and oxygen atoms in total. The van der Waals surface area contributed by atoms with Gasteiger partial charge in [0, 0.05) is 5.39 Å². The number of benzene rings is 2. The van der Waals surface area contributed by atoms with Gasteiger partial charge in [-0.1, -0.05) is 106 Å². The van der Waals surface area contributed by atoms with E-state index in [0.29, 0.717) is 11.8 Å². The molecule has 0 radical (unpaired) electrons. The second-order valence-electron chi connectivity index (χ2n) is 8.53. The standard InChI is InChI=1S/C25H33N3O4S2/c1-2-3-4-5-6-7-8-9-10-13-18-34(31,32)28-25-27-26-24(33-25)23(30)21-17-16-19-14-11-12-15-20(19)22(21)29/h11-12,14-17,29H,2-10,13,18H2,1H3,(H,27,28). The Morgan fingerprint density at radius 1 is 0.912 bits per heavy atom. The van der Waals surface area contributed by atoms with Crippen molar-refractivity contribution in [3.8, 4) is 5.75 Å². The number of carbonyl (C=O) groups excluding carboxylic acids is 1. The SMILES string of the molecule is CCCCCCCCCCCCS(=O)(=O)Nc1nnc(C(=O)c2ccc3ccccc3c2O)s1. The molecule has 0 bridgehead atoms. The van der Waals surface area contributed by atoms with Crippen molar-refractivity contribution in [2.45, 2.75) is 71.1 Å². The molecular weight excluding hydrogens is 470 g/mol. The van der Waals surface area contributed by atoms with E-state index < -0.39 is 15.8 Å². The lowest BCUT2D eigenvalue weighted by Gasteiger charge is -2.06. The number of hydrogen-bond acceptors (Lipinski definition) is 7. The number of carbonyl (C=O) groups is 1. The van der Waals surface area contributed by atoms with Crippen LogP contribution >= 0.6 is 11.3 Å². The number of ketones is 1. The summed E-state index contributed by atoms with van der Waals surface area (Å²) in [5.74, 6) is -0.611. The summed E-state index contributed by atoms with van der Waals surface area (Å²) in [6, 6.07) is 10.5. The predicted octanol–water partition coefficient (Wildman–Crippen LogP) is 6.29. The third kappa shape index (κ3) is 7.50. The molecule has 0 aliphatic heterocycles. The van der Waals surface area contributed by atoms with Crippen molar-refractivity contribution in [1.82, 2.24) is 10.2 Å². The van der Waals surface area contributed by atoms with E-state index in [1.54, 1.807) is 18.2 Å². The summed E-state index contributed by atoms with van der Waals surface area (Å²) in [5, 5.41) is 19.6. The average Bonchev–Trinajstić information content (AvgIpc) is 3.28. The summed E-state index contributed by atoms with van der Waals surface area (Å²) < 4.78 is 27.2. The van der Waals surface area contributed by atoms with E-state index in [0.717, 1.165) is 36.0 Å². The topological polar surface area (TPSA) is 109 Å². The van der Waals surface area contributed by atoms with Gasteiger partial charge >= 0.3 is 0 Å². The number of unbranched alkanes of at least 4 members (excludes halogenated alkanes) is 9. The predicted molar refractivity (Wildman–Crippen MR) is 138 cm³/mol. The molecule has 0 unspecified atom stereocenters. The van der Waals surface area contributed by atoms with Crippen molar-refractivity contribution in [2.75, 3.05) is 10.5 Å². The minimum absolute atomic E-state index is 0.0117. The van der Waals surface area contributed by atoms with Crippen LogP contribution in [0.25, 0.3) is 10.8 Å². The highest BCUT2D eigenvalue weighted by Gasteiger charge is 2.21. The van der Waals surface area contributed by atoms with Crippen LogP contribution in [-0.2, 0) is 10.0 Å². The van der Waals surface area contributed by atoms with Crippen LogP contribution in [0.4, 0.5) is 5.13 Å². The van der Waals surface area contributed by atoms with Crippen LogP contribution in [0.1, 0.15) is 86.5 Å². The van der Waals surface area contributed by atoms with E-state index in [4.69, 9.17) is 0 Å². The van der Waals surface area contributed by atoms with E-state index >= 15 is 0 Å². The molecule has 2 aromatic carbocycles. The molecule has 34 heavy (non-hydrogen) atoms. The van der Waals surface area contributed by atoms with Crippen LogP contribution < -0.4 is 4.72 Å². The number of fused-ring (bicyclic) bond motifs is 1. The van der Waals surface area contributed by atoms with Crippen molar-refractivity contribution < 1.29 is 18.3 Å². The smallest absolute Gasteiger partial charge is 0.234 e. The monoisotopic (exact) mass is 503 g/mol. The Kier molecular flexibility index (Phi) is 9.83. The summed E-state index contributed by atoms with van der Waals surface area (Å²) in [6.07, 6.45) is 11.3. The van der Waals surface area contributed by atoms with Gasteiger partial charge in [0.25, 0.3) is 0 Å². The Hall–Kier alpha value is -2.52. The van der Waals surface area contributed by atoms with Crippen LogP contribution in [0.5, 0.6) is 5.75 Å². The maximum Gasteiger partial charge on any atom is 0.234 e. The second kappa shape index (κ2) is 12.8. The van der Waals surface area contributed by atoms with Crippen molar-refractivity contribution in [3.05, 3.63) is 47.0 Å². The number of nitrogens with one attached hydrogen (secondary N) is 1. The summed E-state index contributed by atoms with van der Waals surface area (Å²) in [7, 11) is -3.56. The van der Waals surface area contributed by atoms with E-state index in [2.05, 4.69) is 21.8 Å². The molecule has 3 aromatic rings. The molecule has 0 saturated heterocycles. The number of aromatic hydroxyl groups is 1. The quantitative estimate of drug-likeness (QED) is 0.186. The molecule has 0 fully saturated rings. The lowest BCUT2D eigenvalue weighted by molar-refractivity contribution is 0.103. The molecule has 0 atom stereocenters. The fourth-order valence-electron chi connectivity index (χ4n) is 3.87. The van der Waals surface area contributed by atoms with Gasteiger partial charge in [0.1, 0.15) is 5.75 Å². The summed E-state index contributed by atoms with van der Waals surface area (Å²) in [6.45, 7) is 2.21. The van der Waals surface area contributed by atoms with E-state index in [1.807, 2.05) is 12.1 Å². The zero-order valence-corrected chi connectivity index (χ0v) is 21.3. The van der Waals surface area contributed by atoms with Gasteiger partial charge in [0.2, 0.25) is 20.9 Å². The van der Waals surface area contributed by atoms with Crippen LogP contribution in [0, 0.1) is 0 Å². The van der Waals surface area contributed by atoms with E-state index in [9.17, 15) is 18.3 Å². The molecule has 0 saturated carbocycles. The number of rotatable bonds is 15. The molecule has 0 spiro atoms. The second-order valence-corrected chi connectivity index (χ2v) is 11.3. The lowest BCUT2D eigenvalue weighted by atomic mass is 10.0. The molecule has 0 aliphatic carbocycles. The van der Waals surface area contributed by atoms with E-state index in [1.165, 1.54) is 44.6 Å². The Labute approximate surface area is 205 Å². The summed E-state index contributed by atoms with van der Waals surface area (Å²) >= 11 is 0.862. The van der Waals surface area contributed by atoms with Crippen LogP contribution in [0.2, 0.25) is 0 Å². The number of anilines is 1. The van der Waals surface area contributed by atoms with Gasteiger partial charge in [-0.2, -0.15) is 0 Å². The fraction of sp³-hybridized carbons (Fsp3) is 0.480. The normalized spacial score (nSPS) is 11.7. The Morgan fingerprint density at radius 2 is 1.56 bits per heavy atom. The molecular formula is C25H33N3O4S2. The van der Waals surface area contributed by atoms with Gasteiger partial charge in [-0.3, -0.25) is 9.52 Å². The van der Waals surface area contributed by atoms with Gasteiger partial charge in [0.15, 0.2) is 5.01 Å². The van der Waals surface area contributed by atoms with Gasteiger partial charge in [-0.25, -0.2) is 8.42 Å². The van der Waals surface area contributed by atoms with Crippen LogP contribution in [0.3, 0.4) is 0 Å². The minimum Gasteiger partial charge on any atom is -0.507 e. The third-order valence-corrected chi connectivity index (χ3v) is 8.07. The van der Waals surface area contributed by atoms with Crippen LogP contribution in [0.15, 0.2) is 36.4 Å². The minimum atomic E-state index is -3.56. The highest BCUT2D eigenvalue weighted by atomic mass is 32.2. The van der Waals surface area contributed by atoms with Crippen molar-refractivity contribution in [3.63, 3.8) is 0 Å². The molecule has 1 aromatic heterocycles. The van der Waals surface area contributed by atoms with Crippen molar-refractivity contribution in [1.29, 1.82) is 0 Å². The molecule has 0 amide bonds. The van der Waals surface area contributed by atoms with Gasteiger partial charge in [0.05, 0.1) is 11.3 Å². The van der Waals surface area contributed by atoms with Gasteiger partial charge in [-0.05, 0) is 17.9 Å². The van der Waals surface area contributed by atoms with Crippen LogP contribution in [-0.4, -0.2) is 35.3 Å². The zero-order valence-electron chi connectivity index (χ0n) is 19.6. The lowest BCUT2D eigenvalue weighted by Crippen LogP contribution is -2.16. The number of aromatic nitrogens is 2. The number of nitrogens with zero attached hydrogens (tertiary/aromatic N) is 2.